The van der Waals surface area contributed by atoms with Crippen LogP contribution in [0.4, 0.5) is 0 Å². The third-order valence-electron chi connectivity index (χ3n) is 2.20. The molecule has 0 saturated carbocycles. The summed E-state index contributed by atoms with van der Waals surface area (Å²) in [5.74, 6) is 0.977. The smallest absolute Gasteiger partial charge is 0.136 e. The number of thioether (sulfide) groups is 1. The van der Waals surface area contributed by atoms with Crippen molar-refractivity contribution < 1.29 is 0 Å². The van der Waals surface area contributed by atoms with E-state index in [1.54, 1.807) is 34.4 Å². The molecule has 0 aliphatic heterocycles. The molecule has 0 aliphatic rings. The average molecular weight is 300 g/mol. The van der Waals surface area contributed by atoms with Gasteiger partial charge in [-0.25, -0.2) is 0 Å². The van der Waals surface area contributed by atoms with Crippen LogP contribution in [0.1, 0.15) is 9.75 Å². The number of thiocarbonyl (C=S) groups is 1. The molecule has 2 heterocycles. The molecule has 2 rings (SSSR count). The van der Waals surface area contributed by atoms with Crippen LogP contribution >= 0.6 is 46.7 Å². The van der Waals surface area contributed by atoms with Crippen molar-refractivity contribution in [1.29, 1.82) is 0 Å². The summed E-state index contributed by atoms with van der Waals surface area (Å²) >= 11 is 10.7. The largest absolute Gasteiger partial charge is 0.355 e. The zero-order chi connectivity index (χ0) is 12.1. The molecule has 5 heteroatoms. The Kier molecular flexibility index (Phi) is 5.03. The minimum absolute atomic E-state index is 0.911. The molecule has 90 valence electrons. The van der Waals surface area contributed by atoms with Gasteiger partial charge in [0.2, 0.25) is 0 Å². The number of nitrogens with zero attached hydrogens (tertiary/aromatic N) is 1. The van der Waals surface area contributed by atoms with Crippen LogP contribution in [0.2, 0.25) is 0 Å². The van der Waals surface area contributed by atoms with Crippen molar-refractivity contribution in [3.05, 3.63) is 44.8 Å². The van der Waals surface area contributed by atoms with Gasteiger partial charge < -0.3 is 4.90 Å². The van der Waals surface area contributed by atoms with E-state index in [0.717, 1.165) is 16.6 Å². The van der Waals surface area contributed by atoms with Crippen LogP contribution in [-0.2, 0) is 12.3 Å². The van der Waals surface area contributed by atoms with Crippen LogP contribution in [0, 0.1) is 0 Å². The van der Waals surface area contributed by atoms with Crippen LogP contribution in [0.15, 0.2) is 35.0 Å². The molecule has 0 saturated heterocycles. The van der Waals surface area contributed by atoms with Gasteiger partial charge in [0.15, 0.2) is 0 Å². The normalized spacial score (nSPS) is 10.4. The first-order valence-electron chi connectivity index (χ1n) is 5.18. The van der Waals surface area contributed by atoms with Crippen molar-refractivity contribution in [2.75, 3.05) is 7.05 Å². The molecule has 0 fully saturated rings. The Labute approximate surface area is 119 Å². The average Bonchev–Trinajstić information content (AvgIpc) is 2.98. The highest BCUT2D eigenvalue weighted by Crippen LogP contribution is 2.21. The summed E-state index contributed by atoms with van der Waals surface area (Å²) in [5.41, 5.74) is 0. The molecular formula is C12H13NS4. The Morgan fingerprint density at radius 1 is 1.24 bits per heavy atom. The number of rotatable bonds is 4. The van der Waals surface area contributed by atoms with Crippen LogP contribution in [0.25, 0.3) is 0 Å². The van der Waals surface area contributed by atoms with Gasteiger partial charge in [-0.3, -0.25) is 0 Å². The Bertz CT molecular complexity index is 447. The van der Waals surface area contributed by atoms with E-state index in [-0.39, 0.29) is 0 Å². The van der Waals surface area contributed by atoms with Crippen LogP contribution in [-0.4, -0.2) is 16.3 Å². The lowest BCUT2D eigenvalue weighted by molar-refractivity contribution is 0.524. The van der Waals surface area contributed by atoms with E-state index < -0.39 is 0 Å². The minimum atomic E-state index is 0.911. The predicted octanol–water partition coefficient (Wildman–Crippen LogP) is 4.46. The molecule has 2 aromatic rings. The van der Waals surface area contributed by atoms with E-state index in [0.29, 0.717) is 0 Å². The third kappa shape index (κ3) is 4.10. The molecule has 0 atom stereocenters. The number of hydrogen-bond donors (Lipinski definition) is 0. The zero-order valence-electron chi connectivity index (χ0n) is 9.46. The lowest BCUT2D eigenvalue weighted by Crippen LogP contribution is -2.21. The minimum Gasteiger partial charge on any atom is -0.355 e. The van der Waals surface area contributed by atoms with Crippen molar-refractivity contribution in [2.45, 2.75) is 12.3 Å². The molecular weight excluding hydrogens is 286 g/mol. The molecule has 0 aromatic carbocycles. The second kappa shape index (κ2) is 6.54. The summed E-state index contributed by atoms with van der Waals surface area (Å²) in [6, 6.07) is 8.46. The second-order valence-corrected chi connectivity index (χ2v) is 7.24. The Morgan fingerprint density at radius 2 is 1.88 bits per heavy atom. The lowest BCUT2D eigenvalue weighted by atomic mass is 10.4. The quantitative estimate of drug-likeness (QED) is 0.767. The van der Waals surface area contributed by atoms with Gasteiger partial charge >= 0.3 is 0 Å². The van der Waals surface area contributed by atoms with Gasteiger partial charge in [0.05, 0.1) is 6.54 Å². The monoisotopic (exact) mass is 299 g/mol. The summed E-state index contributed by atoms with van der Waals surface area (Å²) in [5, 5.41) is 4.21. The summed E-state index contributed by atoms with van der Waals surface area (Å²) in [7, 11) is 2.06. The van der Waals surface area contributed by atoms with Crippen LogP contribution in [0.3, 0.4) is 0 Å². The van der Waals surface area contributed by atoms with Gasteiger partial charge in [0.1, 0.15) is 4.32 Å². The molecule has 0 radical (unpaired) electrons. The predicted molar refractivity (Wildman–Crippen MR) is 84.0 cm³/mol. The number of hydrogen-bond acceptors (Lipinski definition) is 4. The first-order chi connectivity index (χ1) is 8.25. The Morgan fingerprint density at radius 3 is 2.47 bits per heavy atom. The second-order valence-electron chi connectivity index (χ2n) is 3.57. The highest BCUT2D eigenvalue weighted by atomic mass is 32.2. The Hall–Kier alpha value is -0.360. The molecule has 17 heavy (non-hydrogen) atoms. The van der Waals surface area contributed by atoms with Gasteiger partial charge in [-0.2, -0.15) is 0 Å². The maximum atomic E-state index is 5.42. The summed E-state index contributed by atoms with van der Waals surface area (Å²) in [6.07, 6.45) is 0. The molecule has 0 aliphatic carbocycles. The van der Waals surface area contributed by atoms with E-state index in [1.807, 2.05) is 0 Å². The van der Waals surface area contributed by atoms with Gasteiger partial charge in [0, 0.05) is 22.6 Å². The topological polar surface area (TPSA) is 3.24 Å². The lowest BCUT2D eigenvalue weighted by Gasteiger charge is -2.18. The van der Waals surface area contributed by atoms with Gasteiger partial charge in [-0.15, -0.1) is 22.7 Å². The van der Waals surface area contributed by atoms with Gasteiger partial charge in [-0.1, -0.05) is 36.1 Å². The van der Waals surface area contributed by atoms with E-state index in [2.05, 4.69) is 47.0 Å². The maximum absolute atomic E-state index is 5.42. The summed E-state index contributed by atoms with van der Waals surface area (Å²) in [4.78, 5) is 4.87. The fourth-order valence-corrected chi connectivity index (χ4v) is 3.92. The molecule has 2 aromatic heterocycles. The Balaban J connectivity index is 1.79. The zero-order valence-corrected chi connectivity index (χ0v) is 12.7. The molecule has 0 bridgehead atoms. The molecule has 0 amide bonds. The SMILES string of the molecule is CN(Cc1cccs1)C(=S)SCc1cccs1. The molecule has 0 spiro atoms. The highest BCUT2D eigenvalue weighted by Gasteiger charge is 2.07. The van der Waals surface area contributed by atoms with E-state index in [4.69, 9.17) is 12.2 Å². The maximum Gasteiger partial charge on any atom is 0.136 e. The first kappa shape index (κ1) is 13.1. The van der Waals surface area contributed by atoms with Gasteiger partial charge in [0.25, 0.3) is 0 Å². The van der Waals surface area contributed by atoms with Crippen molar-refractivity contribution in [3.8, 4) is 0 Å². The molecule has 1 nitrogen and oxygen atoms in total. The van der Waals surface area contributed by atoms with Crippen molar-refractivity contribution in [3.63, 3.8) is 0 Å². The third-order valence-corrected chi connectivity index (χ3v) is 5.80. The van der Waals surface area contributed by atoms with E-state index in [1.165, 1.54) is 9.75 Å². The van der Waals surface area contributed by atoms with E-state index in [9.17, 15) is 0 Å². The standard InChI is InChI=1S/C12H13NS4/c1-13(8-10-4-2-6-15-10)12(14)17-9-11-5-3-7-16-11/h2-7H,8-9H2,1H3. The summed E-state index contributed by atoms with van der Waals surface area (Å²) < 4.78 is 0.965. The molecule has 0 N–H and O–H groups in total. The van der Waals surface area contributed by atoms with Gasteiger partial charge in [-0.05, 0) is 22.9 Å². The van der Waals surface area contributed by atoms with Crippen LogP contribution in [0.5, 0.6) is 0 Å². The number of thiophene rings is 2. The molecule has 0 unspecified atom stereocenters. The highest BCUT2D eigenvalue weighted by molar-refractivity contribution is 8.22. The fraction of sp³-hybridized carbons (Fsp3) is 0.250. The van der Waals surface area contributed by atoms with Crippen LogP contribution < -0.4 is 0 Å². The first-order valence-corrected chi connectivity index (χ1v) is 8.33. The van der Waals surface area contributed by atoms with Crippen molar-refractivity contribution in [1.82, 2.24) is 4.90 Å². The van der Waals surface area contributed by atoms with E-state index >= 15 is 0 Å². The summed E-state index contributed by atoms with van der Waals surface area (Å²) in [6.45, 7) is 0.911. The van der Waals surface area contributed by atoms with Crippen molar-refractivity contribution >= 4 is 51.0 Å². The fourth-order valence-electron chi connectivity index (χ4n) is 1.34. The van der Waals surface area contributed by atoms with Crippen molar-refractivity contribution in [2.24, 2.45) is 0 Å².